The molecular weight excluding hydrogens is 582 g/mol. The molecular formula is C31H43N7O7. The average molecular weight is 626 g/mol. The van der Waals surface area contributed by atoms with Gasteiger partial charge in [0.2, 0.25) is 29.5 Å². The third-order valence-corrected chi connectivity index (χ3v) is 7.53. The third kappa shape index (κ3) is 9.62. The van der Waals surface area contributed by atoms with Crippen LogP contribution in [0.25, 0.3) is 0 Å². The summed E-state index contributed by atoms with van der Waals surface area (Å²) in [6.07, 6.45) is 0.593. The summed E-state index contributed by atoms with van der Waals surface area (Å²) in [7, 11) is 1.47. The predicted octanol–water partition coefficient (Wildman–Crippen LogP) is 0.131. The van der Waals surface area contributed by atoms with Crippen LogP contribution in [0.5, 0.6) is 0 Å². The number of carbonyl (C=O) groups excluding carboxylic acids is 6. The number of aryl methyl sites for hydroxylation is 2. The molecule has 45 heavy (non-hydrogen) atoms. The van der Waals surface area contributed by atoms with E-state index < -0.39 is 59.6 Å². The van der Waals surface area contributed by atoms with E-state index in [0.717, 1.165) is 5.56 Å². The van der Waals surface area contributed by atoms with Crippen molar-refractivity contribution in [2.24, 2.45) is 5.92 Å². The second kappa shape index (κ2) is 15.8. The first-order chi connectivity index (χ1) is 21.3. The molecule has 0 saturated carbocycles. The van der Waals surface area contributed by atoms with Crippen LogP contribution >= 0.6 is 0 Å². The standard InChI is InChI=1S/C31H43N7O7/c1-17(2)26-30(43)33-19(4)27(40)35-23(15-21-11-8-7-9-12-21)31(44)38(6)16-24(39)32-14-10-13-22(28(41)36-26)34-29(42)25-18(3)37-45-20(25)5/h7-9,11-12,17,19,22-23,26H,10,13-16H2,1-6H3,(H,32,39)(H,33,43)(H,34,42)(H,35,40)(H,36,41)/t19-,22+,23+,26-/m1/s1. The summed E-state index contributed by atoms with van der Waals surface area (Å²) in [4.78, 5) is 80.5. The molecule has 1 saturated heterocycles. The first-order valence-corrected chi connectivity index (χ1v) is 15.0. The average Bonchev–Trinajstić information content (AvgIpc) is 3.33. The summed E-state index contributed by atoms with van der Waals surface area (Å²) >= 11 is 0. The highest BCUT2D eigenvalue weighted by Gasteiger charge is 2.33. The van der Waals surface area contributed by atoms with Crippen molar-refractivity contribution in [2.75, 3.05) is 20.1 Å². The zero-order chi connectivity index (χ0) is 33.3. The number of hydrogen-bond acceptors (Lipinski definition) is 8. The minimum atomic E-state index is -1.07. The molecule has 2 aromatic rings. The van der Waals surface area contributed by atoms with Crippen LogP contribution in [-0.2, 0) is 30.4 Å². The van der Waals surface area contributed by atoms with E-state index in [9.17, 15) is 28.8 Å². The summed E-state index contributed by atoms with van der Waals surface area (Å²) in [5.74, 6) is -3.40. The molecule has 1 aromatic carbocycles. The van der Waals surface area contributed by atoms with E-state index in [1.165, 1.54) is 18.9 Å². The van der Waals surface area contributed by atoms with Gasteiger partial charge in [-0.05, 0) is 45.1 Å². The monoisotopic (exact) mass is 625 g/mol. The van der Waals surface area contributed by atoms with Crippen LogP contribution in [0.1, 0.15) is 61.0 Å². The van der Waals surface area contributed by atoms with Crippen LogP contribution in [-0.4, -0.2) is 89.8 Å². The summed E-state index contributed by atoms with van der Waals surface area (Å²) in [5.41, 5.74) is 1.35. The lowest BCUT2D eigenvalue weighted by molar-refractivity contribution is -0.139. The number of amides is 6. The molecule has 0 aliphatic carbocycles. The van der Waals surface area contributed by atoms with Crippen molar-refractivity contribution in [3.63, 3.8) is 0 Å². The molecule has 0 unspecified atom stereocenters. The van der Waals surface area contributed by atoms with Crippen LogP contribution < -0.4 is 26.6 Å². The molecule has 3 rings (SSSR count). The number of likely N-dealkylation sites (N-methyl/N-ethyl adjacent to an activating group) is 1. The Kier molecular flexibility index (Phi) is 12.2. The van der Waals surface area contributed by atoms with Gasteiger partial charge in [-0.15, -0.1) is 0 Å². The fourth-order valence-corrected chi connectivity index (χ4v) is 4.96. The summed E-state index contributed by atoms with van der Waals surface area (Å²) < 4.78 is 5.08. The van der Waals surface area contributed by atoms with E-state index in [1.54, 1.807) is 27.7 Å². The second-order valence-corrected chi connectivity index (χ2v) is 11.6. The number of rotatable bonds is 5. The highest BCUT2D eigenvalue weighted by molar-refractivity contribution is 6.00. The number of benzene rings is 1. The molecule has 2 heterocycles. The quantitative estimate of drug-likeness (QED) is 0.310. The zero-order valence-electron chi connectivity index (χ0n) is 26.6. The lowest BCUT2D eigenvalue weighted by Crippen LogP contribution is -2.59. The van der Waals surface area contributed by atoms with Gasteiger partial charge < -0.3 is 36.0 Å². The van der Waals surface area contributed by atoms with Crippen molar-refractivity contribution in [1.29, 1.82) is 0 Å². The lowest BCUT2D eigenvalue weighted by Gasteiger charge is -2.28. The highest BCUT2D eigenvalue weighted by atomic mass is 16.5. The number of nitrogens with one attached hydrogen (secondary N) is 5. The number of nitrogens with zero attached hydrogens (tertiary/aromatic N) is 2. The van der Waals surface area contributed by atoms with Crippen LogP contribution in [0.3, 0.4) is 0 Å². The molecule has 1 aromatic heterocycles. The van der Waals surface area contributed by atoms with Gasteiger partial charge in [-0.1, -0.05) is 49.3 Å². The first-order valence-electron chi connectivity index (χ1n) is 15.0. The van der Waals surface area contributed by atoms with Crippen molar-refractivity contribution in [1.82, 2.24) is 36.6 Å². The SMILES string of the molecule is Cc1noc(C)c1C(=O)N[C@H]1CCCNC(=O)CN(C)C(=O)[C@H](Cc2ccccc2)NC(=O)[C@@H](C)NC(=O)[C@@H](C(C)C)NC1=O. The fraction of sp³-hybridized carbons (Fsp3) is 0.516. The Labute approximate surface area is 262 Å². The minimum Gasteiger partial charge on any atom is -0.361 e. The Balaban J connectivity index is 1.86. The van der Waals surface area contributed by atoms with E-state index in [0.29, 0.717) is 12.1 Å². The molecule has 4 atom stereocenters. The largest absolute Gasteiger partial charge is 0.361 e. The summed E-state index contributed by atoms with van der Waals surface area (Å²) in [6, 6.07) is 4.93. The van der Waals surface area contributed by atoms with Gasteiger partial charge in [0.05, 0.1) is 12.2 Å². The van der Waals surface area contributed by atoms with E-state index in [-0.39, 0.29) is 43.2 Å². The van der Waals surface area contributed by atoms with Gasteiger partial charge in [-0.3, -0.25) is 28.8 Å². The van der Waals surface area contributed by atoms with Gasteiger partial charge in [0.25, 0.3) is 5.91 Å². The molecule has 6 amide bonds. The normalized spacial score (nSPS) is 22.9. The Morgan fingerprint density at radius 2 is 1.71 bits per heavy atom. The first kappa shape index (κ1) is 34.7. The van der Waals surface area contributed by atoms with Crippen molar-refractivity contribution >= 4 is 35.4 Å². The van der Waals surface area contributed by atoms with Gasteiger partial charge in [0, 0.05) is 20.0 Å². The zero-order valence-corrected chi connectivity index (χ0v) is 26.6. The molecule has 5 N–H and O–H groups in total. The van der Waals surface area contributed by atoms with Gasteiger partial charge in [-0.25, -0.2) is 0 Å². The molecule has 1 aliphatic heterocycles. The van der Waals surface area contributed by atoms with Crippen molar-refractivity contribution in [3.05, 3.63) is 52.9 Å². The molecule has 0 spiro atoms. The highest BCUT2D eigenvalue weighted by Crippen LogP contribution is 2.14. The van der Waals surface area contributed by atoms with Gasteiger partial charge >= 0.3 is 0 Å². The van der Waals surface area contributed by atoms with Crippen molar-refractivity contribution in [2.45, 2.75) is 78.0 Å². The van der Waals surface area contributed by atoms with Crippen LogP contribution in [0, 0.1) is 19.8 Å². The molecule has 1 fully saturated rings. The maximum absolute atomic E-state index is 13.5. The van der Waals surface area contributed by atoms with E-state index in [1.807, 2.05) is 30.3 Å². The molecule has 244 valence electrons. The van der Waals surface area contributed by atoms with E-state index >= 15 is 0 Å². The number of aromatic nitrogens is 1. The smallest absolute Gasteiger partial charge is 0.257 e. The maximum Gasteiger partial charge on any atom is 0.257 e. The van der Waals surface area contributed by atoms with Gasteiger partial charge in [0.15, 0.2) is 0 Å². The molecule has 0 radical (unpaired) electrons. The topological polar surface area (TPSA) is 192 Å². The number of carbonyl (C=O) groups is 6. The van der Waals surface area contributed by atoms with Crippen molar-refractivity contribution in [3.8, 4) is 0 Å². The van der Waals surface area contributed by atoms with Crippen molar-refractivity contribution < 1.29 is 33.3 Å². The number of hydrogen-bond donors (Lipinski definition) is 5. The van der Waals surface area contributed by atoms with Crippen LogP contribution in [0.2, 0.25) is 0 Å². The molecule has 14 heteroatoms. The third-order valence-electron chi connectivity index (χ3n) is 7.53. The molecule has 1 aliphatic rings. The lowest BCUT2D eigenvalue weighted by atomic mass is 10.0. The molecule has 14 nitrogen and oxygen atoms in total. The Morgan fingerprint density at radius 1 is 1.02 bits per heavy atom. The summed E-state index contributed by atoms with van der Waals surface area (Å²) in [6.45, 7) is 8.01. The van der Waals surface area contributed by atoms with Crippen LogP contribution in [0.4, 0.5) is 0 Å². The maximum atomic E-state index is 13.5. The molecule has 0 bridgehead atoms. The Morgan fingerprint density at radius 3 is 2.33 bits per heavy atom. The fourth-order valence-electron chi connectivity index (χ4n) is 4.96. The van der Waals surface area contributed by atoms with Crippen LogP contribution in [0.15, 0.2) is 34.9 Å². The predicted molar refractivity (Wildman–Crippen MR) is 164 cm³/mol. The Hall–Kier alpha value is -4.75. The Bertz CT molecular complexity index is 1370. The minimum absolute atomic E-state index is 0.125. The van der Waals surface area contributed by atoms with Gasteiger partial charge in [-0.2, -0.15) is 0 Å². The van der Waals surface area contributed by atoms with E-state index in [4.69, 9.17) is 4.52 Å². The second-order valence-electron chi connectivity index (χ2n) is 11.6. The van der Waals surface area contributed by atoms with Gasteiger partial charge in [0.1, 0.15) is 35.5 Å². The summed E-state index contributed by atoms with van der Waals surface area (Å²) in [5, 5.41) is 17.3. The van der Waals surface area contributed by atoms with E-state index in [2.05, 4.69) is 31.7 Å².